The number of nitrogens with one attached hydrogen (secondary N) is 1. The van der Waals surface area contributed by atoms with Gasteiger partial charge in [-0.05, 0) is 26.8 Å². The Morgan fingerprint density at radius 3 is 2.53 bits per heavy atom. The first-order chi connectivity index (χ1) is 6.79. The molecule has 0 spiro atoms. The molecule has 5 heteroatoms. The molecule has 0 aliphatic carbocycles. The van der Waals surface area contributed by atoms with Crippen LogP contribution in [0.3, 0.4) is 0 Å². The van der Waals surface area contributed by atoms with E-state index in [0.717, 1.165) is 6.20 Å². The molecule has 1 amide bonds. The monoisotopic (exact) mass is 228 g/mol. The van der Waals surface area contributed by atoms with Gasteiger partial charge in [-0.25, -0.2) is 0 Å². The average Bonchev–Trinajstić information content (AvgIpc) is 1.99. The van der Waals surface area contributed by atoms with Gasteiger partial charge >= 0.3 is 5.91 Å². The molecule has 1 rings (SSSR count). The molecule has 0 fully saturated rings. The van der Waals surface area contributed by atoms with Gasteiger partial charge in [-0.15, -0.1) is 0 Å². The normalized spacial score (nSPS) is 11.2. The SMILES string of the molecule is CC(C)(C)NC(=O)c1ccc(Cl)c[n+]1[O-]. The van der Waals surface area contributed by atoms with Crippen LogP contribution < -0.4 is 10.0 Å². The van der Waals surface area contributed by atoms with E-state index in [1.807, 2.05) is 20.8 Å². The second-order valence-corrected chi connectivity index (χ2v) is 4.70. The summed E-state index contributed by atoms with van der Waals surface area (Å²) in [5.41, 5.74) is -0.335. The van der Waals surface area contributed by atoms with E-state index >= 15 is 0 Å². The molecule has 0 aromatic carbocycles. The Morgan fingerprint density at radius 1 is 1.47 bits per heavy atom. The third-order valence-electron chi connectivity index (χ3n) is 1.60. The Bertz CT molecular complexity index is 385. The zero-order chi connectivity index (χ0) is 11.6. The van der Waals surface area contributed by atoms with E-state index in [2.05, 4.69) is 5.32 Å². The number of pyridine rings is 1. The summed E-state index contributed by atoms with van der Waals surface area (Å²) in [5, 5.41) is 14.3. The molecule has 1 aromatic rings. The van der Waals surface area contributed by atoms with Crippen LogP contribution in [0.1, 0.15) is 31.3 Å². The first-order valence-electron chi connectivity index (χ1n) is 4.51. The van der Waals surface area contributed by atoms with Crippen molar-refractivity contribution >= 4 is 17.5 Å². The van der Waals surface area contributed by atoms with Crippen molar-refractivity contribution in [2.75, 3.05) is 0 Å². The lowest BCUT2D eigenvalue weighted by Gasteiger charge is -2.19. The number of hydrogen-bond acceptors (Lipinski definition) is 2. The number of hydrogen-bond donors (Lipinski definition) is 1. The molecular formula is C10H13ClN2O2. The van der Waals surface area contributed by atoms with Gasteiger partial charge in [0.15, 0.2) is 6.20 Å². The van der Waals surface area contributed by atoms with Gasteiger partial charge in [-0.2, -0.15) is 4.73 Å². The maximum absolute atomic E-state index is 11.6. The van der Waals surface area contributed by atoms with Gasteiger partial charge in [-0.3, -0.25) is 4.79 Å². The Morgan fingerprint density at radius 2 is 2.07 bits per heavy atom. The molecule has 1 N–H and O–H groups in total. The van der Waals surface area contributed by atoms with E-state index in [-0.39, 0.29) is 11.2 Å². The maximum atomic E-state index is 11.6. The second-order valence-electron chi connectivity index (χ2n) is 4.26. The van der Waals surface area contributed by atoms with E-state index < -0.39 is 5.91 Å². The molecule has 0 atom stereocenters. The smallest absolute Gasteiger partial charge is 0.317 e. The van der Waals surface area contributed by atoms with E-state index in [1.54, 1.807) is 0 Å². The third-order valence-corrected chi connectivity index (χ3v) is 1.82. The van der Waals surface area contributed by atoms with Crippen molar-refractivity contribution in [1.82, 2.24) is 5.32 Å². The lowest BCUT2D eigenvalue weighted by Crippen LogP contribution is -2.46. The van der Waals surface area contributed by atoms with Crippen molar-refractivity contribution in [2.45, 2.75) is 26.3 Å². The standard InChI is InChI=1S/C10H13ClN2O2/c1-10(2,3)12-9(14)8-5-4-7(11)6-13(8)15/h4-6H,1-3H3,(H,12,14). The summed E-state index contributed by atoms with van der Waals surface area (Å²) in [6.45, 7) is 5.53. The van der Waals surface area contributed by atoms with Crippen molar-refractivity contribution < 1.29 is 9.52 Å². The zero-order valence-corrected chi connectivity index (χ0v) is 9.63. The summed E-state index contributed by atoms with van der Waals surface area (Å²) in [6.07, 6.45) is 1.15. The largest absolute Gasteiger partial charge is 0.618 e. The van der Waals surface area contributed by atoms with Gasteiger partial charge in [0.05, 0.1) is 0 Å². The summed E-state index contributed by atoms with van der Waals surface area (Å²) in [7, 11) is 0. The van der Waals surface area contributed by atoms with E-state index in [1.165, 1.54) is 12.1 Å². The highest BCUT2D eigenvalue weighted by molar-refractivity contribution is 6.30. The fourth-order valence-corrected chi connectivity index (χ4v) is 1.19. The molecule has 0 aliphatic heterocycles. The van der Waals surface area contributed by atoms with Crippen LogP contribution in [0.5, 0.6) is 0 Å². The van der Waals surface area contributed by atoms with Gasteiger partial charge < -0.3 is 10.5 Å². The summed E-state index contributed by atoms with van der Waals surface area (Å²) >= 11 is 5.60. The Kier molecular flexibility index (Phi) is 3.19. The minimum atomic E-state index is -0.408. The summed E-state index contributed by atoms with van der Waals surface area (Å²) < 4.78 is 0.462. The van der Waals surface area contributed by atoms with Gasteiger partial charge in [0.25, 0.3) is 5.69 Å². The molecule has 1 aromatic heterocycles. The number of carbonyl (C=O) groups excluding carboxylic acids is 1. The van der Waals surface area contributed by atoms with Crippen LogP contribution in [0.25, 0.3) is 0 Å². The van der Waals surface area contributed by atoms with Gasteiger partial charge in [0.1, 0.15) is 5.02 Å². The third kappa shape index (κ3) is 3.40. The van der Waals surface area contributed by atoms with Crippen molar-refractivity contribution in [2.24, 2.45) is 0 Å². The first kappa shape index (κ1) is 11.8. The maximum Gasteiger partial charge on any atom is 0.317 e. The molecule has 82 valence electrons. The van der Waals surface area contributed by atoms with Gasteiger partial charge in [0.2, 0.25) is 0 Å². The molecule has 0 aliphatic rings. The Balaban J connectivity index is 2.92. The fourth-order valence-electron chi connectivity index (χ4n) is 1.04. The van der Waals surface area contributed by atoms with Gasteiger partial charge in [0, 0.05) is 11.6 Å². The quantitative estimate of drug-likeness (QED) is 0.585. The number of carbonyl (C=O) groups is 1. The Labute approximate surface area is 93.4 Å². The number of rotatable bonds is 1. The molecule has 0 saturated heterocycles. The van der Waals surface area contributed by atoms with Crippen LogP contribution in [0.2, 0.25) is 5.02 Å². The molecule has 0 bridgehead atoms. The lowest BCUT2D eigenvalue weighted by atomic mass is 10.1. The van der Waals surface area contributed by atoms with Crippen molar-refractivity contribution in [3.8, 4) is 0 Å². The van der Waals surface area contributed by atoms with Crippen LogP contribution >= 0.6 is 11.6 Å². The van der Waals surface area contributed by atoms with E-state index in [0.29, 0.717) is 9.75 Å². The highest BCUT2D eigenvalue weighted by atomic mass is 35.5. The number of aromatic nitrogens is 1. The van der Waals surface area contributed by atoms with Crippen LogP contribution in [0, 0.1) is 5.21 Å². The molecule has 0 radical (unpaired) electrons. The predicted molar refractivity (Wildman–Crippen MR) is 57.6 cm³/mol. The molecule has 15 heavy (non-hydrogen) atoms. The molecule has 0 unspecified atom stereocenters. The Hall–Kier alpha value is -1.29. The summed E-state index contributed by atoms with van der Waals surface area (Å²) in [6, 6.07) is 2.91. The zero-order valence-electron chi connectivity index (χ0n) is 8.87. The molecule has 0 saturated carbocycles. The van der Waals surface area contributed by atoms with Crippen molar-refractivity contribution in [3.05, 3.63) is 34.3 Å². The van der Waals surface area contributed by atoms with Crippen LogP contribution in [-0.4, -0.2) is 11.4 Å². The second kappa shape index (κ2) is 4.06. The number of nitrogens with zero attached hydrogens (tertiary/aromatic N) is 1. The molecule has 1 heterocycles. The fraction of sp³-hybridized carbons (Fsp3) is 0.400. The molecule has 4 nitrogen and oxygen atoms in total. The average molecular weight is 229 g/mol. The minimum Gasteiger partial charge on any atom is -0.618 e. The first-order valence-corrected chi connectivity index (χ1v) is 4.88. The molecular weight excluding hydrogens is 216 g/mol. The van der Waals surface area contributed by atoms with Crippen LogP contribution in [0.15, 0.2) is 18.3 Å². The summed E-state index contributed by atoms with van der Waals surface area (Å²) in [4.78, 5) is 11.6. The topological polar surface area (TPSA) is 56.0 Å². The number of halogens is 1. The van der Waals surface area contributed by atoms with Crippen LogP contribution in [0.4, 0.5) is 0 Å². The summed E-state index contributed by atoms with van der Waals surface area (Å²) in [5.74, 6) is -0.408. The highest BCUT2D eigenvalue weighted by Crippen LogP contribution is 2.06. The van der Waals surface area contributed by atoms with Crippen molar-refractivity contribution in [3.63, 3.8) is 0 Å². The van der Waals surface area contributed by atoms with E-state index in [4.69, 9.17) is 11.6 Å². The predicted octanol–water partition coefficient (Wildman–Crippen LogP) is 1.50. The lowest BCUT2D eigenvalue weighted by molar-refractivity contribution is -0.607. The van der Waals surface area contributed by atoms with Crippen LogP contribution in [-0.2, 0) is 0 Å². The van der Waals surface area contributed by atoms with E-state index in [9.17, 15) is 10.0 Å². The number of amides is 1. The van der Waals surface area contributed by atoms with Crippen molar-refractivity contribution in [1.29, 1.82) is 0 Å². The van der Waals surface area contributed by atoms with Gasteiger partial charge in [-0.1, -0.05) is 11.6 Å². The minimum absolute atomic E-state index is 0.0364. The highest BCUT2D eigenvalue weighted by Gasteiger charge is 2.21.